The molecule has 1 aromatic heterocycles. The molecule has 5 rings (SSSR count). The molecule has 0 bridgehead atoms. The van der Waals surface area contributed by atoms with E-state index in [1.165, 1.54) is 10.9 Å². The lowest BCUT2D eigenvalue weighted by atomic mass is 9.79. The molecular formula is C34H41N5O7. The highest BCUT2D eigenvalue weighted by molar-refractivity contribution is 5.81. The summed E-state index contributed by atoms with van der Waals surface area (Å²) >= 11 is 0. The minimum atomic E-state index is -1.25. The van der Waals surface area contributed by atoms with E-state index in [4.69, 9.17) is 15.2 Å². The molecule has 2 aliphatic rings. The molecule has 0 spiro atoms. The second-order valence-corrected chi connectivity index (χ2v) is 13.1. The van der Waals surface area contributed by atoms with E-state index in [0.717, 1.165) is 5.56 Å². The molecule has 2 aliphatic heterocycles. The first-order valence-electron chi connectivity index (χ1n) is 15.5. The highest BCUT2D eigenvalue weighted by atomic mass is 16.6. The summed E-state index contributed by atoms with van der Waals surface area (Å²) in [6.07, 6.45) is 2.63. The average Bonchev–Trinajstić information content (AvgIpc) is 3.04. The van der Waals surface area contributed by atoms with Crippen molar-refractivity contribution in [2.75, 3.05) is 31.9 Å². The molecule has 3 heterocycles. The molecular weight excluding hydrogens is 590 g/mol. The van der Waals surface area contributed by atoms with Crippen LogP contribution in [-0.2, 0) is 16.1 Å². The molecule has 12 nitrogen and oxygen atoms in total. The highest BCUT2D eigenvalue weighted by Gasteiger charge is 2.42. The maximum atomic E-state index is 13.9. The van der Waals surface area contributed by atoms with E-state index in [9.17, 15) is 24.3 Å². The number of carbonyl (C=O) groups excluding carboxylic acids is 3. The number of carbonyl (C=O) groups is 3. The van der Waals surface area contributed by atoms with Crippen LogP contribution < -0.4 is 16.0 Å². The van der Waals surface area contributed by atoms with Gasteiger partial charge in [0.15, 0.2) is 5.69 Å². The average molecular weight is 632 g/mol. The fourth-order valence-electron chi connectivity index (χ4n) is 6.04. The topological polar surface area (TPSA) is 157 Å². The molecule has 0 radical (unpaired) electrons. The van der Waals surface area contributed by atoms with Crippen molar-refractivity contribution in [3.05, 3.63) is 82.4 Å². The number of rotatable bonds is 7. The molecule has 46 heavy (non-hydrogen) atoms. The molecule has 0 aliphatic carbocycles. The van der Waals surface area contributed by atoms with E-state index in [2.05, 4.69) is 4.98 Å². The number of aldehydes is 1. The van der Waals surface area contributed by atoms with Gasteiger partial charge in [-0.25, -0.2) is 9.78 Å². The van der Waals surface area contributed by atoms with Crippen LogP contribution >= 0.6 is 0 Å². The number of piperidine rings is 2. The van der Waals surface area contributed by atoms with Crippen molar-refractivity contribution in [2.45, 2.75) is 63.7 Å². The standard InChI is InChI=1S/C34H41N5O7/c1-33(2,3)46-32(43)38-16-13-26(27(19-38)24-7-5-4-6-8-24)30(41)37-17-14-34(44,15-18-37)21-39-22-36-29(28(35)31(39)42)45-25-11-9-23(20-40)10-12-25/h4-12,20,22,26-27,44H,13-19,21,35H2,1-3H3/t26-,27+/m1/s1. The smallest absolute Gasteiger partial charge is 0.410 e. The van der Waals surface area contributed by atoms with Gasteiger partial charge in [-0.05, 0) is 69.9 Å². The molecule has 0 saturated carbocycles. The molecule has 3 N–H and O–H groups in total. The Morgan fingerprint density at radius 1 is 1.04 bits per heavy atom. The zero-order valence-electron chi connectivity index (χ0n) is 26.4. The van der Waals surface area contributed by atoms with Gasteiger partial charge in [-0.3, -0.25) is 19.0 Å². The molecule has 0 unspecified atom stereocenters. The summed E-state index contributed by atoms with van der Waals surface area (Å²) in [6.45, 7) is 6.87. The summed E-state index contributed by atoms with van der Waals surface area (Å²) < 4.78 is 12.5. The molecule has 2 fully saturated rings. The van der Waals surface area contributed by atoms with Crippen molar-refractivity contribution in [1.29, 1.82) is 0 Å². The van der Waals surface area contributed by atoms with E-state index in [1.54, 1.807) is 34.1 Å². The van der Waals surface area contributed by atoms with Crippen LogP contribution in [0.2, 0.25) is 0 Å². The largest absolute Gasteiger partial charge is 0.444 e. The van der Waals surface area contributed by atoms with Gasteiger partial charge in [0.1, 0.15) is 24.0 Å². The first kappa shape index (κ1) is 32.7. The fourth-order valence-corrected chi connectivity index (χ4v) is 6.04. The Kier molecular flexibility index (Phi) is 9.47. The number of benzene rings is 2. The third-order valence-corrected chi connectivity index (χ3v) is 8.55. The van der Waals surface area contributed by atoms with Gasteiger partial charge in [-0.15, -0.1) is 0 Å². The van der Waals surface area contributed by atoms with Gasteiger partial charge in [0.2, 0.25) is 11.8 Å². The van der Waals surface area contributed by atoms with E-state index >= 15 is 0 Å². The van der Waals surface area contributed by atoms with Gasteiger partial charge in [0, 0.05) is 43.6 Å². The molecule has 244 valence electrons. The summed E-state index contributed by atoms with van der Waals surface area (Å²) in [7, 11) is 0. The Hall–Kier alpha value is -4.71. The number of anilines is 1. The third-order valence-electron chi connectivity index (χ3n) is 8.55. The Morgan fingerprint density at radius 2 is 1.72 bits per heavy atom. The van der Waals surface area contributed by atoms with Crippen molar-refractivity contribution >= 4 is 24.0 Å². The quantitative estimate of drug-likeness (QED) is 0.370. The Morgan fingerprint density at radius 3 is 2.35 bits per heavy atom. The normalized spacial score (nSPS) is 19.7. The SMILES string of the molecule is CC(C)(C)OC(=O)N1CC[C@@H](C(=O)N2CCC(O)(Cn3cnc(Oc4ccc(C=O)cc4)c(N)c3=O)CC2)[C@H](c2ccccc2)C1. The van der Waals surface area contributed by atoms with Crippen molar-refractivity contribution < 1.29 is 29.0 Å². The van der Waals surface area contributed by atoms with Crippen molar-refractivity contribution in [1.82, 2.24) is 19.4 Å². The van der Waals surface area contributed by atoms with Gasteiger partial charge < -0.3 is 30.1 Å². The van der Waals surface area contributed by atoms with Crippen molar-refractivity contribution in [2.24, 2.45) is 5.92 Å². The maximum absolute atomic E-state index is 13.9. The van der Waals surface area contributed by atoms with Crippen LogP contribution in [0.1, 0.15) is 61.9 Å². The third kappa shape index (κ3) is 7.56. The van der Waals surface area contributed by atoms with Crippen molar-refractivity contribution in [3.8, 4) is 11.6 Å². The fraction of sp³-hybridized carbons (Fsp3) is 0.441. The number of amides is 2. The lowest BCUT2D eigenvalue weighted by molar-refractivity contribution is -0.142. The number of aliphatic hydroxyl groups is 1. The van der Waals surface area contributed by atoms with Crippen LogP contribution in [0.15, 0.2) is 65.7 Å². The predicted molar refractivity (Wildman–Crippen MR) is 171 cm³/mol. The zero-order chi connectivity index (χ0) is 33.1. The minimum Gasteiger partial charge on any atom is -0.444 e. The van der Waals surface area contributed by atoms with Gasteiger partial charge in [-0.1, -0.05) is 30.3 Å². The summed E-state index contributed by atoms with van der Waals surface area (Å²) in [4.78, 5) is 58.4. The highest BCUT2D eigenvalue weighted by Crippen LogP contribution is 2.36. The van der Waals surface area contributed by atoms with Gasteiger partial charge in [0.25, 0.3) is 5.56 Å². The summed E-state index contributed by atoms with van der Waals surface area (Å²) in [5.41, 5.74) is 4.89. The van der Waals surface area contributed by atoms with Crippen molar-refractivity contribution in [3.63, 3.8) is 0 Å². The minimum absolute atomic E-state index is 0.00880. The maximum Gasteiger partial charge on any atom is 0.410 e. The molecule has 2 atom stereocenters. The van der Waals surface area contributed by atoms with Gasteiger partial charge in [0.05, 0.1) is 12.1 Å². The first-order chi connectivity index (χ1) is 21.9. The predicted octanol–water partition coefficient (Wildman–Crippen LogP) is 3.82. The zero-order valence-corrected chi connectivity index (χ0v) is 26.4. The number of aromatic nitrogens is 2. The number of nitrogens with two attached hydrogens (primary N) is 1. The number of ether oxygens (including phenoxy) is 2. The van der Waals surface area contributed by atoms with E-state index in [-0.39, 0.29) is 54.8 Å². The molecule has 12 heteroatoms. The van der Waals surface area contributed by atoms with E-state index in [0.29, 0.717) is 50.2 Å². The number of nitrogen functional groups attached to an aromatic ring is 1. The van der Waals surface area contributed by atoms with E-state index in [1.807, 2.05) is 51.1 Å². The van der Waals surface area contributed by atoms with Crippen LogP contribution in [0.5, 0.6) is 11.6 Å². The van der Waals surface area contributed by atoms with E-state index < -0.39 is 16.8 Å². The Bertz CT molecular complexity index is 1610. The number of hydrogen-bond donors (Lipinski definition) is 2. The van der Waals surface area contributed by atoms with Crippen LogP contribution in [0.25, 0.3) is 0 Å². The van der Waals surface area contributed by atoms with Crippen LogP contribution in [0.3, 0.4) is 0 Å². The summed E-state index contributed by atoms with van der Waals surface area (Å²) in [5.74, 6) is -0.250. The monoisotopic (exact) mass is 631 g/mol. The lowest BCUT2D eigenvalue weighted by Gasteiger charge is -2.43. The summed E-state index contributed by atoms with van der Waals surface area (Å²) in [5, 5.41) is 11.4. The lowest BCUT2D eigenvalue weighted by Crippen LogP contribution is -2.53. The first-order valence-corrected chi connectivity index (χ1v) is 15.5. The number of likely N-dealkylation sites (tertiary alicyclic amines) is 2. The number of hydrogen-bond acceptors (Lipinski definition) is 9. The molecule has 2 amide bonds. The van der Waals surface area contributed by atoms with Crippen LogP contribution in [0.4, 0.5) is 10.5 Å². The molecule has 3 aromatic rings. The second kappa shape index (κ2) is 13.3. The molecule has 2 aromatic carbocycles. The van der Waals surface area contributed by atoms with Gasteiger partial charge >= 0.3 is 6.09 Å². The van der Waals surface area contributed by atoms with Gasteiger partial charge in [-0.2, -0.15) is 0 Å². The second-order valence-electron chi connectivity index (χ2n) is 13.1. The Labute approximate surface area is 267 Å². The Balaban J connectivity index is 1.23. The van der Waals surface area contributed by atoms with Crippen LogP contribution in [-0.4, -0.2) is 80.1 Å². The number of nitrogens with zero attached hydrogens (tertiary/aromatic N) is 4. The van der Waals surface area contributed by atoms with Crippen LogP contribution in [0, 0.1) is 5.92 Å². The molecule has 2 saturated heterocycles. The summed E-state index contributed by atoms with van der Waals surface area (Å²) in [6, 6.07) is 16.0.